The van der Waals surface area contributed by atoms with Crippen LogP contribution in [0.5, 0.6) is 0 Å². The van der Waals surface area contributed by atoms with Crippen molar-refractivity contribution in [3.05, 3.63) is 88.0 Å². The molecule has 6 nitrogen and oxygen atoms in total. The zero-order valence-corrected chi connectivity index (χ0v) is 21.3. The number of alkyl halides is 2. The van der Waals surface area contributed by atoms with Gasteiger partial charge >= 0.3 is 6.55 Å². The van der Waals surface area contributed by atoms with Crippen molar-refractivity contribution in [3.8, 4) is 0 Å². The summed E-state index contributed by atoms with van der Waals surface area (Å²) in [6.45, 7) is 7.37. The molecular weight excluding hydrogens is 511 g/mol. The van der Waals surface area contributed by atoms with Crippen LogP contribution in [0, 0.1) is 11.2 Å². The number of aliphatic hydroxyl groups is 1. The number of halogens is 4. The van der Waals surface area contributed by atoms with Crippen LogP contribution < -0.4 is 0 Å². The van der Waals surface area contributed by atoms with Crippen LogP contribution in [-0.4, -0.2) is 43.3 Å². The van der Waals surface area contributed by atoms with Crippen LogP contribution in [0.3, 0.4) is 0 Å². The summed E-state index contributed by atoms with van der Waals surface area (Å²) in [6, 6.07) is 4.83. The third-order valence-corrected chi connectivity index (χ3v) is 7.58. The molecule has 2 aliphatic heterocycles. The third kappa shape index (κ3) is 4.60. The van der Waals surface area contributed by atoms with Crippen molar-refractivity contribution in [3.63, 3.8) is 0 Å². The number of thiazole rings is 1. The van der Waals surface area contributed by atoms with Gasteiger partial charge in [-0.25, -0.2) is 14.1 Å². The maximum absolute atomic E-state index is 13.9. The van der Waals surface area contributed by atoms with Crippen molar-refractivity contribution >= 4 is 34.3 Å². The molecular formula is C25H25ClF3N5OS. The minimum atomic E-state index is -2.80. The van der Waals surface area contributed by atoms with E-state index in [0.29, 0.717) is 45.3 Å². The van der Waals surface area contributed by atoms with E-state index in [2.05, 4.69) is 23.2 Å². The molecule has 1 fully saturated rings. The summed E-state index contributed by atoms with van der Waals surface area (Å²) in [7, 11) is 0. The second kappa shape index (κ2) is 10.2. The number of hydrogen-bond donors (Lipinski definition) is 1. The number of allylic oxidation sites excluding steroid dienone is 1. The highest BCUT2D eigenvalue weighted by molar-refractivity contribution is 7.11. The summed E-state index contributed by atoms with van der Waals surface area (Å²) >= 11 is 7.86. The van der Waals surface area contributed by atoms with Crippen LogP contribution in [0.2, 0.25) is 5.02 Å². The molecule has 2 aromatic heterocycles. The molecule has 36 heavy (non-hydrogen) atoms. The van der Waals surface area contributed by atoms with Gasteiger partial charge in [-0.1, -0.05) is 24.6 Å². The SMILES string of the molecule is C=C.CC(O)[C@]1(C)CC2=C(c3ccn(C(F)F)n3)[C@H](c3ccc(F)cc3Cl)N=C(c3nccs3)N2C1. The topological polar surface area (TPSA) is 66.5 Å². The Morgan fingerprint density at radius 1 is 1.28 bits per heavy atom. The average Bonchev–Trinajstić information content (AvgIpc) is 3.59. The highest BCUT2D eigenvalue weighted by Crippen LogP contribution is 2.51. The van der Waals surface area contributed by atoms with E-state index in [0.717, 1.165) is 5.70 Å². The maximum atomic E-state index is 13.9. The van der Waals surface area contributed by atoms with Crippen LogP contribution in [-0.2, 0) is 0 Å². The molecule has 1 saturated heterocycles. The van der Waals surface area contributed by atoms with Gasteiger partial charge in [-0.05, 0) is 31.5 Å². The van der Waals surface area contributed by atoms with Crippen LogP contribution >= 0.6 is 22.9 Å². The summed E-state index contributed by atoms with van der Waals surface area (Å²) in [5.41, 5.74) is 1.72. The van der Waals surface area contributed by atoms with E-state index in [9.17, 15) is 18.3 Å². The van der Waals surface area contributed by atoms with E-state index in [1.54, 1.807) is 19.2 Å². The summed E-state index contributed by atoms with van der Waals surface area (Å²) in [5.74, 6) is 0.103. The lowest BCUT2D eigenvalue weighted by molar-refractivity contribution is 0.0564. The molecule has 1 aromatic carbocycles. The van der Waals surface area contributed by atoms with E-state index < -0.39 is 29.9 Å². The molecule has 0 aliphatic carbocycles. The molecule has 3 atom stereocenters. The molecule has 0 saturated carbocycles. The lowest BCUT2D eigenvalue weighted by atomic mass is 9.82. The fourth-order valence-electron chi connectivity index (χ4n) is 4.46. The number of aliphatic hydroxyl groups excluding tert-OH is 1. The Balaban J connectivity index is 0.00000148. The van der Waals surface area contributed by atoms with Crippen molar-refractivity contribution in [2.75, 3.05) is 6.54 Å². The van der Waals surface area contributed by atoms with Gasteiger partial charge in [0.05, 0.1) is 11.8 Å². The van der Waals surface area contributed by atoms with Crippen LogP contribution in [0.4, 0.5) is 13.2 Å². The molecule has 4 heterocycles. The van der Waals surface area contributed by atoms with Crippen molar-refractivity contribution in [1.82, 2.24) is 19.7 Å². The highest BCUT2D eigenvalue weighted by atomic mass is 35.5. The zero-order chi connectivity index (χ0) is 26.2. The molecule has 3 aromatic rings. The average molecular weight is 536 g/mol. The van der Waals surface area contributed by atoms with Crippen molar-refractivity contribution in [1.29, 1.82) is 0 Å². The van der Waals surface area contributed by atoms with E-state index in [1.807, 2.05) is 17.2 Å². The van der Waals surface area contributed by atoms with Crippen LogP contribution in [0.25, 0.3) is 5.57 Å². The molecule has 2 aliphatic rings. The molecule has 5 rings (SSSR count). The number of amidine groups is 1. The summed E-state index contributed by atoms with van der Waals surface area (Å²) in [6.07, 6.45) is 2.71. The number of fused-ring (bicyclic) bond motifs is 1. The molecule has 0 amide bonds. The molecule has 0 spiro atoms. The molecule has 0 radical (unpaired) electrons. The predicted molar refractivity (Wildman–Crippen MR) is 136 cm³/mol. The number of benzene rings is 1. The normalized spacial score (nSPS) is 22.3. The first kappa shape index (κ1) is 26.1. The van der Waals surface area contributed by atoms with E-state index >= 15 is 0 Å². The highest BCUT2D eigenvalue weighted by Gasteiger charge is 2.47. The van der Waals surface area contributed by atoms with E-state index in [-0.39, 0.29) is 5.02 Å². The van der Waals surface area contributed by atoms with E-state index in [4.69, 9.17) is 16.6 Å². The molecule has 11 heteroatoms. The lowest BCUT2D eigenvalue weighted by Gasteiger charge is -2.32. The monoisotopic (exact) mass is 535 g/mol. The first-order chi connectivity index (χ1) is 17.2. The number of aliphatic imine (C=N–C) groups is 1. The molecule has 1 unspecified atom stereocenters. The Labute approximate surface area is 216 Å². The zero-order valence-electron chi connectivity index (χ0n) is 19.7. The predicted octanol–water partition coefficient (Wildman–Crippen LogP) is 6.34. The lowest BCUT2D eigenvalue weighted by Crippen LogP contribution is -2.37. The van der Waals surface area contributed by atoms with Gasteiger partial charge in [-0.2, -0.15) is 13.9 Å². The maximum Gasteiger partial charge on any atom is 0.333 e. The van der Waals surface area contributed by atoms with Gasteiger partial charge < -0.3 is 10.0 Å². The minimum Gasteiger partial charge on any atom is -0.393 e. The first-order valence-corrected chi connectivity index (χ1v) is 12.4. The van der Waals surface area contributed by atoms with Gasteiger partial charge in [0, 0.05) is 51.6 Å². The second-order valence-electron chi connectivity index (χ2n) is 8.77. The number of aromatic nitrogens is 3. The Hall–Kier alpha value is -2.95. The Kier molecular flexibility index (Phi) is 7.40. The first-order valence-electron chi connectivity index (χ1n) is 11.1. The molecule has 0 bridgehead atoms. The van der Waals surface area contributed by atoms with Crippen molar-refractivity contribution in [2.45, 2.75) is 39.0 Å². The molecule has 190 valence electrons. The van der Waals surface area contributed by atoms with E-state index in [1.165, 1.54) is 35.7 Å². The number of rotatable bonds is 5. The van der Waals surface area contributed by atoms with Gasteiger partial charge in [0.1, 0.15) is 11.9 Å². The van der Waals surface area contributed by atoms with Gasteiger partial charge in [0.15, 0.2) is 10.8 Å². The number of nitrogens with zero attached hydrogens (tertiary/aromatic N) is 5. The van der Waals surface area contributed by atoms with Crippen molar-refractivity contribution in [2.24, 2.45) is 10.4 Å². The Bertz CT molecular complexity index is 1310. The Morgan fingerprint density at radius 3 is 2.61 bits per heavy atom. The van der Waals surface area contributed by atoms with Gasteiger partial charge in [0.2, 0.25) is 0 Å². The summed E-state index contributed by atoms with van der Waals surface area (Å²) in [4.78, 5) is 11.4. The quantitative estimate of drug-likeness (QED) is 0.387. The smallest absolute Gasteiger partial charge is 0.333 e. The summed E-state index contributed by atoms with van der Waals surface area (Å²) in [5, 5.41) is 17.4. The molecule has 1 N–H and O–H groups in total. The second-order valence-corrected chi connectivity index (χ2v) is 10.1. The van der Waals surface area contributed by atoms with Gasteiger partial charge in [-0.15, -0.1) is 24.5 Å². The van der Waals surface area contributed by atoms with Crippen molar-refractivity contribution < 1.29 is 18.3 Å². The van der Waals surface area contributed by atoms with Gasteiger partial charge in [-0.3, -0.25) is 4.99 Å². The minimum absolute atomic E-state index is 0.170. The van der Waals surface area contributed by atoms with Crippen LogP contribution in [0.15, 0.2) is 65.9 Å². The summed E-state index contributed by atoms with van der Waals surface area (Å²) < 4.78 is 41.2. The largest absolute Gasteiger partial charge is 0.393 e. The van der Waals surface area contributed by atoms with Gasteiger partial charge in [0.25, 0.3) is 0 Å². The fraction of sp³-hybridized carbons (Fsp3) is 0.320. The third-order valence-electron chi connectivity index (χ3n) is 6.48. The van der Waals surface area contributed by atoms with Crippen LogP contribution in [0.1, 0.15) is 49.1 Å². The number of hydrogen-bond acceptors (Lipinski definition) is 6. The standard InChI is InChI=1S/C23H21ClF3N5OS.C2H4/c1-12(33)23(2)10-17-18(16-5-7-32(30-16)22(26)27)19(14-4-3-13(25)9-15(14)24)29-20(31(17)11-23)21-28-6-8-34-21;1-2/h3-9,12,19,22,33H,10-11H2,1-2H3;1-2H2/t12?,19-,23+;/m0./s1. The fourth-order valence-corrected chi connectivity index (χ4v) is 5.37. The Morgan fingerprint density at radius 2 is 2.03 bits per heavy atom.